The summed E-state index contributed by atoms with van der Waals surface area (Å²) < 4.78 is 1.86. The Kier molecular flexibility index (Phi) is 4.39. The third kappa shape index (κ3) is 3.24. The minimum Gasteiger partial charge on any atom is -0.338 e. The van der Waals surface area contributed by atoms with Crippen LogP contribution in [-0.4, -0.2) is 20.4 Å². The van der Waals surface area contributed by atoms with Gasteiger partial charge in [0.25, 0.3) is 5.91 Å². The molecule has 0 radical (unpaired) electrons. The molecule has 2 aromatic heterocycles. The molecule has 0 saturated carbocycles. The first kappa shape index (κ1) is 15.2. The van der Waals surface area contributed by atoms with Crippen LogP contribution in [0.1, 0.15) is 27.8 Å². The van der Waals surface area contributed by atoms with Crippen LogP contribution >= 0.6 is 11.6 Å². The minimum atomic E-state index is -0.448. The first-order valence-corrected chi connectivity index (χ1v) is 7.47. The molecule has 0 bridgehead atoms. The van der Waals surface area contributed by atoms with Gasteiger partial charge in [-0.1, -0.05) is 29.8 Å². The quantitative estimate of drug-likeness (QED) is 0.801. The lowest BCUT2D eigenvalue weighted by Gasteiger charge is -2.20. The predicted octanol–water partition coefficient (Wildman–Crippen LogP) is 2.99. The van der Waals surface area contributed by atoms with Crippen LogP contribution in [0.15, 0.2) is 61.2 Å². The van der Waals surface area contributed by atoms with Crippen LogP contribution in [0, 0.1) is 0 Å². The molecule has 0 spiro atoms. The second-order valence-corrected chi connectivity index (χ2v) is 5.47. The van der Waals surface area contributed by atoms with Gasteiger partial charge in [0.15, 0.2) is 0 Å². The van der Waals surface area contributed by atoms with E-state index in [2.05, 4.69) is 15.3 Å². The number of aromatic nitrogens is 3. The van der Waals surface area contributed by atoms with E-state index in [1.54, 1.807) is 30.6 Å². The highest BCUT2D eigenvalue weighted by molar-refractivity contribution is 6.31. The summed E-state index contributed by atoms with van der Waals surface area (Å²) in [5, 5.41) is 3.56. The molecule has 2 heterocycles. The Bertz CT molecular complexity index is 816. The molecule has 6 heteroatoms. The van der Waals surface area contributed by atoms with Crippen molar-refractivity contribution in [2.24, 2.45) is 7.05 Å². The lowest BCUT2D eigenvalue weighted by molar-refractivity contribution is 0.0941. The molecule has 1 unspecified atom stereocenters. The molecule has 5 nitrogen and oxygen atoms in total. The number of nitrogens with zero attached hydrogens (tertiary/aromatic N) is 3. The number of amides is 1. The van der Waals surface area contributed by atoms with Crippen molar-refractivity contribution in [1.82, 2.24) is 19.9 Å². The average molecular weight is 327 g/mol. The van der Waals surface area contributed by atoms with Crippen LogP contribution in [0.5, 0.6) is 0 Å². The summed E-state index contributed by atoms with van der Waals surface area (Å²) in [4.78, 5) is 20.8. The molecule has 0 aliphatic heterocycles. The zero-order chi connectivity index (χ0) is 16.2. The summed E-state index contributed by atoms with van der Waals surface area (Å²) in [5.41, 5.74) is 1.28. The van der Waals surface area contributed by atoms with E-state index in [1.165, 1.54) is 6.20 Å². The molecular weight excluding hydrogens is 312 g/mol. The number of pyridine rings is 1. The second kappa shape index (κ2) is 6.62. The van der Waals surface area contributed by atoms with E-state index in [-0.39, 0.29) is 5.91 Å². The predicted molar refractivity (Wildman–Crippen MR) is 88.2 cm³/mol. The van der Waals surface area contributed by atoms with Gasteiger partial charge in [0.1, 0.15) is 11.9 Å². The third-order valence-corrected chi connectivity index (χ3v) is 3.88. The maximum absolute atomic E-state index is 12.5. The van der Waals surface area contributed by atoms with Gasteiger partial charge in [-0.15, -0.1) is 0 Å². The molecule has 3 rings (SSSR count). The third-order valence-electron chi connectivity index (χ3n) is 3.53. The van der Waals surface area contributed by atoms with Gasteiger partial charge in [0.2, 0.25) is 0 Å². The maximum atomic E-state index is 12.5. The summed E-state index contributed by atoms with van der Waals surface area (Å²) >= 11 is 6.32. The van der Waals surface area contributed by atoms with Crippen LogP contribution in [0.4, 0.5) is 0 Å². The number of hydrogen-bond acceptors (Lipinski definition) is 3. The SMILES string of the molecule is Cn1ccnc1C(NC(=O)c1cccnc1)c1ccccc1Cl. The highest BCUT2D eigenvalue weighted by Gasteiger charge is 2.23. The van der Waals surface area contributed by atoms with Crippen molar-refractivity contribution in [3.05, 3.63) is 83.2 Å². The number of carbonyl (C=O) groups excluding carboxylic acids is 1. The van der Waals surface area contributed by atoms with E-state index >= 15 is 0 Å². The second-order valence-electron chi connectivity index (χ2n) is 5.07. The van der Waals surface area contributed by atoms with Crippen molar-refractivity contribution in [1.29, 1.82) is 0 Å². The molecule has 1 N–H and O–H groups in total. The van der Waals surface area contributed by atoms with Crippen LogP contribution < -0.4 is 5.32 Å². The van der Waals surface area contributed by atoms with Crippen molar-refractivity contribution in [2.75, 3.05) is 0 Å². The topological polar surface area (TPSA) is 59.8 Å². The zero-order valence-corrected chi connectivity index (χ0v) is 13.2. The summed E-state index contributed by atoms with van der Waals surface area (Å²) in [7, 11) is 1.88. The summed E-state index contributed by atoms with van der Waals surface area (Å²) in [6.45, 7) is 0. The van der Waals surface area contributed by atoms with Crippen molar-refractivity contribution in [3.8, 4) is 0 Å². The standard InChI is InChI=1S/C17H15ClN4O/c1-22-10-9-20-16(22)15(13-6-2-3-7-14(13)18)21-17(23)12-5-4-8-19-11-12/h2-11,15H,1H3,(H,21,23). The molecule has 0 aliphatic rings. The summed E-state index contributed by atoms with van der Waals surface area (Å²) in [6, 6.07) is 10.4. The number of hydrogen-bond donors (Lipinski definition) is 1. The van der Waals surface area contributed by atoms with Crippen LogP contribution in [0.2, 0.25) is 5.02 Å². The number of aryl methyl sites for hydroxylation is 1. The van der Waals surface area contributed by atoms with E-state index in [4.69, 9.17) is 11.6 Å². The lowest BCUT2D eigenvalue weighted by Crippen LogP contribution is -2.31. The number of halogens is 1. The Labute approximate surface area is 139 Å². The van der Waals surface area contributed by atoms with E-state index in [0.717, 1.165) is 5.56 Å². The van der Waals surface area contributed by atoms with Gasteiger partial charge >= 0.3 is 0 Å². The van der Waals surface area contributed by atoms with E-state index in [9.17, 15) is 4.79 Å². The molecule has 1 amide bonds. The fourth-order valence-corrected chi connectivity index (χ4v) is 2.60. The highest BCUT2D eigenvalue weighted by atomic mass is 35.5. The van der Waals surface area contributed by atoms with Gasteiger partial charge in [0.05, 0.1) is 5.56 Å². The highest BCUT2D eigenvalue weighted by Crippen LogP contribution is 2.27. The monoisotopic (exact) mass is 326 g/mol. The fraction of sp³-hybridized carbons (Fsp3) is 0.118. The average Bonchev–Trinajstić information content (AvgIpc) is 3.00. The zero-order valence-electron chi connectivity index (χ0n) is 12.5. The molecule has 0 saturated heterocycles. The normalized spacial score (nSPS) is 11.9. The van der Waals surface area contributed by atoms with Gasteiger partial charge in [-0.2, -0.15) is 0 Å². The first-order chi connectivity index (χ1) is 11.2. The molecule has 0 aliphatic carbocycles. The van der Waals surface area contributed by atoms with Gasteiger partial charge in [-0.3, -0.25) is 9.78 Å². The number of rotatable bonds is 4. The fourth-order valence-electron chi connectivity index (χ4n) is 2.36. The van der Waals surface area contributed by atoms with Gasteiger partial charge in [0, 0.05) is 42.4 Å². The Balaban J connectivity index is 1.98. The molecular formula is C17H15ClN4O. The van der Waals surface area contributed by atoms with Crippen molar-refractivity contribution in [2.45, 2.75) is 6.04 Å². The Hall–Kier alpha value is -2.66. The maximum Gasteiger partial charge on any atom is 0.253 e. The number of imidazole rings is 1. The number of nitrogens with one attached hydrogen (secondary N) is 1. The van der Waals surface area contributed by atoms with Gasteiger partial charge in [-0.05, 0) is 18.2 Å². The van der Waals surface area contributed by atoms with E-state index < -0.39 is 6.04 Å². The Morgan fingerprint density at radius 1 is 1.22 bits per heavy atom. The molecule has 23 heavy (non-hydrogen) atoms. The van der Waals surface area contributed by atoms with Crippen LogP contribution in [0.3, 0.4) is 0 Å². The van der Waals surface area contributed by atoms with Crippen molar-refractivity contribution in [3.63, 3.8) is 0 Å². The molecule has 1 aromatic carbocycles. The van der Waals surface area contributed by atoms with E-state index in [0.29, 0.717) is 16.4 Å². The molecule has 1 atom stereocenters. The van der Waals surface area contributed by atoms with Crippen molar-refractivity contribution < 1.29 is 4.79 Å². The molecule has 0 fully saturated rings. The Morgan fingerprint density at radius 3 is 2.70 bits per heavy atom. The van der Waals surface area contributed by atoms with E-state index in [1.807, 2.05) is 36.0 Å². The number of benzene rings is 1. The number of carbonyl (C=O) groups is 1. The lowest BCUT2D eigenvalue weighted by atomic mass is 10.1. The van der Waals surface area contributed by atoms with Crippen molar-refractivity contribution >= 4 is 17.5 Å². The Morgan fingerprint density at radius 2 is 2.04 bits per heavy atom. The summed E-state index contributed by atoms with van der Waals surface area (Å²) in [5.74, 6) is 0.473. The van der Waals surface area contributed by atoms with Gasteiger partial charge < -0.3 is 9.88 Å². The first-order valence-electron chi connectivity index (χ1n) is 7.09. The minimum absolute atomic E-state index is 0.231. The van der Waals surface area contributed by atoms with Crippen LogP contribution in [0.25, 0.3) is 0 Å². The largest absolute Gasteiger partial charge is 0.338 e. The smallest absolute Gasteiger partial charge is 0.253 e. The molecule has 116 valence electrons. The molecule has 3 aromatic rings. The van der Waals surface area contributed by atoms with Crippen LogP contribution in [-0.2, 0) is 7.05 Å². The van der Waals surface area contributed by atoms with Gasteiger partial charge in [-0.25, -0.2) is 4.98 Å². The summed E-state index contributed by atoms with van der Waals surface area (Å²) in [6.07, 6.45) is 6.67.